The largest absolute Gasteiger partial charge is 0.478 e. The Kier molecular flexibility index (Phi) is 6.37. The Bertz CT molecular complexity index is 1040. The van der Waals surface area contributed by atoms with Crippen LogP contribution in [0.1, 0.15) is 48.8 Å². The number of carboxylic acids is 1. The third kappa shape index (κ3) is 4.67. The monoisotopic (exact) mass is 392 g/mol. The number of nitrogens with zero attached hydrogens (tertiary/aromatic N) is 2. The van der Waals surface area contributed by atoms with Gasteiger partial charge in [-0.15, -0.1) is 0 Å². The van der Waals surface area contributed by atoms with E-state index < -0.39 is 5.97 Å². The topological polar surface area (TPSA) is 64.2 Å². The quantitative estimate of drug-likeness (QED) is 0.606. The number of hydrogen-bond acceptors (Lipinski definition) is 2. The molecule has 0 atom stereocenters. The molecule has 5 heteroatoms. The van der Waals surface area contributed by atoms with Crippen molar-refractivity contribution in [2.75, 3.05) is 0 Å². The van der Waals surface area contributed by atoms with E-state index in [2.05, 4.69) is 20.8 Å². The highest BCUT2D eigenvalue weighted by Crippen LogP contribution is 2.24. The minimum Gasteiger partial charge on any atom is -0.478 e. The fourth-order valence-electron chi connectivity index (χ4n) is 3.63. The Morgan fingerprint density at radius 1 is 1.07 bits per heavy atom. The highest BCUT2D eigenvalue weighted by Gasteiger charge is 2.13. The van der Waals surface area contributed by atoms with Gasteiger partial charge in [-0.05, 0) is 35.1 Å². The van der Waals surface area contributed by atoms with Crippen molar-refractivity contribution >= 4 is 5.97 Å². The summed E-state index contributed by atoms with van der Waals surface area (Å²) in [5.41, 5.74) is 3.93. The molecule has 0 aliphatic rings. The van der Waals surface area contributed by atoms with Crippen LogP contribution in [0, 0.1) is 5.92 Å². The van der Waals surface area contributed by atoms with Crippen LogP contribution in [-0.2, 0) is 19.5 Å². The lowest BCUT2D eigenvalue weighted by Crippen LogP contribution is -2.26. The Balaban J connectivity index is 1.90. The number of aromatic nitrogens is 2. The maximum absolute atomic E-state index is 12.9. The van der Waals surface area contributed by atoms with Gasteiger partial charge in [-0.25, -0.2) is 9.59 Å². The normalized spacial score (nSPS) is 11.2. The molecule has 29 heavy (non-hydrogen) atoms. The van der Waals surface area contributed by atoms with E-state index in [1.54, 1.807) is 12.1 Å². The number of rotatable bonds is 8. The molecule has 0 aliphatic carbocycles. The molecule has 2 aromatic carbocycles. The van der Waals surface area contributed by atoms with Crippen LogP contribution in [0.5, 0.6) is 0 Å². The summed E-state index contributed by atoms with van der Waals surface area (Å²) in [7, 11) is 0. The second-order valence-electron chi connectivity index (χ2n) is 7.83. The van der Waals surface area contributed by atoms with Crippen molar-refractivity contribution in [3.63, 3.8) is 0 Å². The van der Waals surface area contributed by atoms with Crippen molar-refractivity contribution in [2.45, 2.75) is 46.7 Å². The fraction of sp³-hybridized carbons (Fsp3) is 0.333. The van der Waals surface area contributed by atoms with Gasteiger partial charge in [-0.1, -0.05) is 69.7 Å². The molecular weight excluding hydrogens is 364 g/mol. The number of carboxylic acid groups (broad SMARTS) is 1. The van der Waals surface area contributed by atoms with Gasteiger partial charge in [-0.2, -0.15) is 0 Å². The van der Waals surface area contributed by atoms with E-state index in [1.165, 1.54) is 0 Å². The zero-order valence-corrected chi connectivity index (χ0v) is 17.3. The first-order chi connectivity index (χ1) is 13.9. The highest BCUT2D eigenvalue weighted by molar-refractivity contribution is 5.95. The van der Waals surface area contributed by atoms with Gasteiger partial charge in [0.15, 0.2) is 0 Å². The number of benzene rings is 2. The molecule has 0 saturated carbocycles. The van der Waals surface area contributed by atoms with Crippen LogP contribution < -0.4 is 5.69 Å². The van der Waals surface area contributed by atoms with Crippen molar-refractivity contribution < 1.29 is 9.90 Å². The van der Waals surface area contributed by atoms with E-state index >= 15 is 0 Å². The van der Waals surface area contributed by atoms with Crippen LogP contribution in [0.2, 0.25) is 0 Å². The van der Waals surface area contributed by atoms with E-state index in [4.69, 9.17) is 0 Å². The lowest BCUT2D eigenvalue weighted by atomic mass is 9.99. The van der Waals surface area contributed by atoms with E-state index in [0.717, 1.165) is 29.7 Å². The SMILES string of the molecule is CCCc1cn(CC(C)C)c(=O)n1Cc1ccc(-c2ccccc2C(=O)O)cc1. The number of aryl methyl sites for hydroxylation is 1. The van der Waals surface area contributed by atoms with Gasteiger partial charge in [0.05, 0.1) is 12.1 Å². The lowest BCUT2D eigenvalue weighted by Gasteiger charge is -2.09. The maximum atomic E-state index is 12.9. The summed E-state index contributed by atoms with van der Waals surface area (Å²) in [6, 6.07) is 14.8. The number of aromatic carboxylic acids is 1. The summed E-state index contributed by atoms with van der Waals surface area (Å²) in [6.07, 6.45) is 3.84. The maximum Gasteiger partial charge on any atom is 0.336 e. The molecule has 3 rings (SSSR count). The average Bonchev–Trinajstić information content (AvgIpc) is 2.97. The molecule has 0 fully saturated rings. The van der Waals surface area contributed by atoms with Gasteiger partial charge in [0.2, 0.25) is 0 Å². The van der Waals surface area contributed by atoms with Crippen LogP contribution in [0.25, 0.3) is 11.1 Å². The molecule has 1 N–H and O–H groups in total. The van der Waals surface area contributed by atoms with E-state index in [0.29, 0.717) is 24.6 Å². The first kappa shape index (κ1) is 20.6. The Morgan fingerprint density at radius 3 is 2.38 bits per heavy atom. The van der Waals surface area contributed by atoms with Gasteiger partial charge in [0.1, 0.15) is 0 Å². The molecule has 1 heterocycles. The molecule has 0 radical (unpaired) electrons. The standard InChI is InChI=1S/C24H28N2O3/c1-4-7-20-16-25(14-17(2)3)24(29)26(20)15-18-10-12-19(13-11-18)21-8-5-6-9-22(21)23(27)28/h5-6,8-13,16-17H,4,7,14-15H2,1-3H3,(H,27,28). The smallest absolute Gasteiger partial charge is 0.336 e. The van der Waals surface area contributed by atoms with Gasteiger partial charge in [0.25, 0.3) is 0 Å². The summed E-state index contributed by atoms with van der Waals surface area (Å²) in [5.74, 6) is -0.529. The van der Waals surface area contributed by atoms with Crippen molar-refractivity contribution in [2.24, 2.45) is 5.92 Å². The van der Waals surface area contributed by atoms with Crippen molar-refractivity contribution in [1.82, 2.24) is 9.13 Å². The van der Waals surface area contributed by atoms with Crippen LogP contribution in [0.4, 0.5) is 0 Å². The molecule has 0 saturated heterocycles. The third-order valence-corrected chi connectivity index (χ3v) is 4.96. The summed E-state index contributed by atoms with van der Waals surface area (Å²) in [5, 5.41) is 9.41. The Labute approximate surface area is 171 Å². The molecule has 0 amide bonds. The Hall–Kier alpha value is -3.08. The third-order valence-electron chi connectivity index (χ3n) is 4.96. The minimum absolute atomic E-state index is 0.0300. The summed E-state index contributed by atoms with van der Waals surface area (Å²) < 4.78 is 3.67. The van der Waals surface area contributed by atoms with Crippen molar-refractivity contribution in [3.05, 3.63) is 82.0 Å². The van der Waals surface area contributed by atoms with Gasteiger partial charge in [-0.3, -0.25) is 9.13 Å². The van der Waals surface area contributed by atoms with E-state index in [-0.39, 0.29) is 11.3 Å². The Morgan fingerprint density at radius 2 is 1.76 bits per heavy atom. The molecule has 1 aromatic heterocycles. The summed E-state index contributed by atoms with van der Waals surface area (Å²) in [4.78, 5) is 24.4. The predicted molar refractivity (Wildman–Crippen MR) is 115 cm³/mol. The molecule has 0 bridgehead atoms. The van der Waals surface area contributed by atoms with Gasteiger partial charge >= 0.3 is 11.7 Å². The first-order valence-electron chi connectivity index (χ1n) is 10.1. The van der Waals surface area contributed by atoms with E-state index in [1.807, 2.05) is 51.7 Å². The fourth-order valence-corrected chi connectivity index (χ4v) is 3.63. The number of hydrogen-bond donors (Lipinski definition) is 1. The molecule has 5 nitrogen and oxygen atoms in total. The van der Waals surface area contributed by atoms with E-state index in [9.17, 15) is 14.7 Å². The first-order valence-corrected chi connectivity index (χ1v) is 10.1. The highest BCUT2D eigenvalue weighted by atomic mass is 16.4. The van der Waals surface area contributed by atoms with Gasteiger partial charge < -0.3 is 5.11 Å². The number of carbonyl (C=O) groups is 1. The predicted octanol–water partition coefficient (Wildman–Crippen LogP) is 4.67. The van der Waals surface area contributed by atoms with Crippen molar-refractivity contribution in [1.29, 1.82) is 0 Å². The average molecular weight is 392 g/mol. The molecule has 3 aromatic rings. The lowest BCUT2D eigenvalue weighted by molar-refractivity contribution is 0.0697. The van der Waals surface area contributed by atoms with Crippen LogP contribution >= 0.6 is 0 Å². The molecular formula is C24H28N2O3. The second-order valence-corrected chi connectivity index (χ2v) is 7.83. The summed E-state index contributed by atoms with van der Waals surface area (Å²) in [6.45, 7) is 7.56. The number of imidazole rings is 1. The zero-order valence-electron chi connectivity index (χ0n) is 17.3. The summed E-state index contributed by atoms with van der Waals surface area (Å²) >= 11 is 0. The zero-order chi connectivity index (χ0) is 21.0. The minimum atomic E-state index is -0.938. The molecule has 0 unspecified atom stereocenters. The van der Waals surface area contributed by atoms with Crippen molar-refractivity contribution in [3.8, 4) is 11.1 Å². The van der Waals surface area contributed by atoms with Crippen LogP contribution in [0.3, 0.4) is 0 Å². The van der Waals surface area contributed by atoms with Crippen LogP contribution in [-0.4, -0.2) is 20.2 Å². The second kappa shape index (κ2) is 8.95. The van der Waals surface area contributed by atoms with Crippen LogP contribution in [0.15, 0.2) is 59.5 Å². The van der Waals surface area contributed by atoms with Gasteiger partial charge in [0, 0.05) is 18.4 Å². The molecule has 0 aliphatic heterocycles. The molecule has 152 valence electrons. The molecule has 0 spiro atoms.